The Balaban J connectivity index is 2.08. The van der Waals surface area contributed by atoms with E-state index in [0.717, 1.165) is 21.0 Å². The van der Waals surface area contributed by atoms with Crippen LogP contribution in [0.3, 0.4) is 0 Å². The van der Waals surface area contributed by atoms with Gasteiger partial charge in [-0.1, -0.05) is 66.9 Å². The molecule has 2 amide bonds. The molecule has 0 aliphatic heterocycles. The normalized spacial score (nSPS) is 12.2. The Labute approximate surface area is 253 Å². The van der Waals surface area contributed by atoms with Gasteiger partial charge in [0.15, 0.2) is 0 Å². The van der Waals surface area contributed by atoms with E-state index in [2.05, 4.69) is 5.32 Å². The Morgan fingerprint density at radius 2 is 1.49 bits per heavy atom. The third kappa shape index (κ3) is 8.03. The first-order valence-corrected chi connectivity index (χ1v) is 15.6. The van der Waals surface area contributed by atoms with Crippen molar-refractivity contribution in [2.45, 2.75) is 59.0 Å². The predicted octanol–water partition coefficient (Wildman–Crippen LogP) is 6.30. The van der Waals surface area contributed by atoms with Gasteiger partial charge in [0.2, 0.25) is 11.8 Å². The van der Waals surface area contributed by atoms with E-state index in [1.165, 1.54) is 17.0 Å². The molecule has 1 atom stereocenters. The SMILES string of the molecule is Cc1ccc(S(=O)(=O)N(CC(=O)N(Cc2c(Cl)cccc2Cl)C(C)C(=O)NCC(C)C)c2ccc(C)c(C)c2)cc1. The van der Waals surface area contributed by atoms with Crippen molar-refractivity contribution < 1.29 is 18.0 Å². The maximum atomic E-state index is 14.1. The third-order valence-electron chi connectivity index (χ3n) is 6.91. The lowest BCUT2D eigenvalue weighted by Gasteiger charge is -2.32. The van der Waals surface area contributed by atoms with Crippen LogP contribution in [0.5, 0.6) is 0 Å². The molecule has 10 heteroatoms. The molecule has 220 valence electrons. The van der Waals surface area contributed by atoms with Crippen molar-refractivity contribution >= 4 is 50.7 Å². The molecule has 0 radical (unpaired) electrons. The Morgan fingerprint density at radius 3 is 2.05 bits per heavy atom. The van der Waals surface area contributed by atoms with Gasteiger partial charge in [-0.15, -0.1) is 0 Å². The maximum Gasteiger partial charge on any atom is 0.264 e. The second kappa shape index (κ2) is 13.7. The average Bonchev–Trinajstić information content (AvgIpc) is 2.91. The standard InChI is InChI=1S/C31H37Cl2N3O4S/c1-20(2)17-34-31(38)24(6)35(18-27-28(32)8-7-9-29(27)33)30(37)19-36(25-13-12-22(4)23(5)16-25)41(39,40)26-14-10-21(3)11-15-26/h7-16,20,24H,17-19H2,1-6H3,(H,34,38). The summed E-state index contributed by atoms with van der Waals surface area (Å²) in [4.78, 5) is 28.6. The molecule has 0 saturated heterocycles. The second-order valence-electron chi connectivity index (χ2n) is 10.6. The van der Waals surface area contributed by atoms with Gasteiger partial charge in [0.1, 0.15) is 12.6 Å². The highest BCUT2D eigenvalue weighted by Gasteiger charge is 2.33. The first-order chi connectivity index (χ1) is 19.2. The number of carbonyl (C=O) groups excluding carboxylic acids is 2. The Hall–Kier alpha value is -3.07. The fraction of sp³-hybridized carbons (Fsp3) is 0.355. The maximum absolute atomic E-state index is 14.1. The zero-order valence-electron chi connectivity index (χ0n) is 24.2. The molecular weight excluding hydrogens is 581 g/mol. The zero-order chi connectivity index (χ0) is 30.5. The van der Waals surface area contributed by atoms with Crippen LogP contribution in [-0.2, 0) is 26.2 Å². The Morgan fingerprint density at radius 1 is 0.878 bits per heavy atom. The van der Waals surface area contributed by atoms with Gasteiger partial charge in [0, 0.05) is 28.7 Å². The Bertz CT molecular complexity index is 1490. The van der Waals surface area contributed by atoms with E-state index in [1.807, 2.05) is 40.7 Å². The summed E-state index contributed by atoms with van der Waals surface area (Å²) in [5.41, 5.74) is 3.57. The molecule has 0 saturated carbocycles. The molecule has 1 unspecified atom stereocenters. The minimum atomic E-state index is -4.15. The molecule has 3 rings (SSSR count). The van der Waals surface area contributed by atoms with Gasteiger partial charge >= 0.3 is 0 Å². The second-order valence-corrected chi connectivity index (χ2v) is 13.3. The number of aryl methyl sites for hydroxylation is 3. The minimum absolute atomic E-state index is 0.0533. The molecule has 1 N–H and O–H groups in total. The van der Waals surface area contributed by atoms with Crippen molar-refractivity contribution in [2.75, 3.05) is 17.4 Å². The van der Waals surface area contributed by atoms with Crippen LogP contribution in [0.2, 0.25) is 10.0 Å². The van der Waals surface area contributed by atoms with Crippen molar-refractivity contribution in [2.24, 2.45) is 5.92 Å². The van der Waals surface area contributed by atoms with Gasteiger partial charge in [-0.3, -0.25) is 13.9 Å². The Kier molecular flexibility index (Phi) is 10.9. The van der Waals surface area contributed by atoms with E-state index in [0.29, 0.717) is 27.8 Å². The van der Waals surface area contributed by atoms with Gasteiger partial charge in [0.05, 0.1) is 10.6 Å². The molecule has 3 aromatic rings. The number of halogens is 2. The number of carbonyl (C=O) groups is 2. The molecule has 3 aromatic carbocycles. The van der Waals surface area contributed by atoms with Crippen molar-refractivity contribution in [1.29, 1.82) is 0 Å². The number of benzene rings is 3. The van der Waals surface area contributed by atoms with Crippen LogP contribution in [0.25, 0.3) is 0 Å². The number of rotatable bonds is 11. The first-order valence-electron chi connectivity index (χ1n) is 13.4. The highest BCUT2D eigenvalue weighted by atomic mass is 35.5. The van der Waals surface area contributed by atoms with Gasteiger partial charge in [-0.2, -0.15) is 0 Å². The van der Waals surface area contributed by atoms with Crippen LogP contribution >= 0.6 is 23.2 Å². The van der Waals surface area contributed by atoms with E-state index < -0.39 is 28.5 Å². The van der Waals surface area contributed by atoms with Crippen LogP contribution in [0.4, 0.5) is 5.69 Å². The number of sulfonamides is 1. The minimum Gasteiger partial charge on any atom is -0.354 e. The van der Waals surface area contributed by atoms with Crippen molar-refractivity contribution in [3.8, 4) is 0 Å². The van der Waals surface area contributed by atoms with Crippen molar-refractivity contribution in [1.82, 2.24) is 10.2 Å². The van der Waals surface area contributed by atoms with Crippen molar-refractivity contribution in [3.63, 3.8) is 0 Å². The summed E-state index contributed by atoms with van der Waals surface area (Å²) < 4.78 is 29.0. The molecule has 41 heavy (non-hydrogen) atoms. The van der Waals surface area contributed by atoms with Gasteiger partial charge in [-0.25, -0.2) is 8.42 Å². The number of nitrogens with zero attached hydrogens (tertiary/aromatic N) is 2. The van der Waals surface area contributed by atoms with Gasteiger partial charge < -0.3 is 10.2 Å². The van der Waals surface area contributed by atoms with Crippen LogP contribution in [0.1, 0.15) is 43.0 Å². The number of anilines is 1. The summed E-state index contributed by atoms with van der Waals surface area (Å²) in [5.74, 6) is -0.746. The van der Waals surface area contributed by atoms with E-state index >= 15 is 0 Å². The lowest BCUT2D eigenvalue weighted by atomic mass is 10.1. The van der Waals surface area contributed by atoms with Crippen LogP contribution in [0, 0.1) is 26.7 Å². The largest absolute Gasteiger partial charge is 0.354 e. The predicted molar refractivity (Wildman–Crippen MR) is 166 cm³/mol. The monoisotopic (exact) mass is 617 g/mol. The highest BCUT2D eigenvalue weighted by Crippen LogP contribution is 2.29. The average molecular weight is 619 g/mol. The number of amides is 2. The number of hydrogen-bond acceptors (Lipinski definition) is 4. The van der Waals surface area contributed by atoms with E-state index in [1.54, 1.807) is 49.4 Å². The van der Waals surface area contributed by atoms with Gasteiger partial charge in [0.25, 0.3) is 10.0 Å². The molecule has 0 fully saturated rings. The fourth-order valence-electron chi connectivity index (χ4n) is 4.14. The molecular formula is C31H37Cl2N3O4S. The zero-order valence-corrected chi connectivity index (χ0v) is 26.6. The lowest BCUT2D eigenvalue weighted by molar-refractivity contribution is -0.139. The molecule has 0 heterocycles. The molecule has 0 bridgehead atoms. The summed E-state index contributed by atoms with van der Waals surface area (Å²) in [5, 5.41) is 3.53. The first kappa shape index (κ1) is 32.4. The smallest absolute Gasteiger partial charge is 0.264 e. The summed E-state index contributed by atoms with van der Waals surface area (Å²) >= 11 is 12.9. The topological polar surface area (TPSA) is 86.8 Å². The van der Waals surface area contributed by atoms with Crippen molar-refractivity contribution in [3.05, 3.63) is 93.0 Å². The quantitative estimate of drug-likeness (QED) is 0.273. The van der Waals surface area contributed by atoms with Gasteiger partial charge in [-0.05, 0) is 81.1 Å². The molecule has 0 spiro atoms. The summed E-state index contributed by atoms with van der Waals surface area (Å²) in [6.45, 7) is 11.0. The molecule has 0 aliphatic carbocycles. The lowest BCUT2D eigenvalue weighted by Crippen LogP contribution is -2.51. The molecule has 0 aromatic heterocycles. The summed E-state index contributed by atoms with van der Waals surface area (Å²) in [7, 11) is -4.15. The third-order valence-corrected chi connectivity index (χ3v) is 9.40. The number of nitrogens with one attached hydrogen (secondary N) is 1. The fourth-order valence-corrected chi connectivity index (χ4v) is 6.06. The summed E-state index contributed by atoms with van der Waals surface area (Å²) in [6, 6.07) is 15.7. The molecule has 7 nitrogen and oxygen atoms in total. The van der Waals surface area contributed by atoms with E-state index in [9.17, 15) is 18.0 Å². The molecule has 0 aliphatic rings. The van der Waals surface area contributed by atoms with Crippen LogP contribution in [-0.4, -0.2) is 44.3 Å². The summed E-state index contributed by atoms with van der Waals surface area (Å²) in [6.07, 6.45) is 0. The van der Waals surface area contributed by atoms with E-state index in [-0.39, 0.29) is 23.3 Å². The highest BCUT2D eigenvalue weighted by molar-refractivity contribution is 7.92. The number of hydrogen-bond donors (Lipinski definition) is 1. The van der Waals surface area contributed by atoms with Crippen LogP contribution in [0.15, 0.2) is 65.6 Å². The van der Waals surface area contributed by atoms with E-state index in [4.69, 9.17) is 23.2 Å². The van der Waals surface area contributed by atoms with Crippen LogP contribution < -0.4 is 9.62 Å².